The second-order valence-electron chi connectivity index (χ2n) is 6.23. The van der Waals surface area contributed by atoms with Crippen molar-refractivity contribution in [3.05, 3.63) is 11.7 Å². The number of hydrogen-bond donors (Lipinski definition) is 1. The Morgan fingerprint density at radius 2 is 1.80 bits per heavy atom. The summed E-state index contributed by atoms with van der Waals surface area (Å²) in [4.78, 5) is 4.60. The molecule has 2 saturated carbocycles. The van der Waals surface area contributed by atoms with Gasteiger partial charge in [-0.2, -0.15) is 16.7 Å². The molecule has 0 spiro atoms. The Balaban J connectivity index is 1.49. The molecule has 0 atom stereocenters. The minimum atomic E-state index is 0.371. The molecule has 0 aliphatic heterocycles. The van der Waals surface area contributed by atoms with Crippen LogP contribution in [0.2, 0.25) is 0 Å². The molecule has 0 unspecified atom stereocenters. The van der Waals surface area contributed by atoms with Crippen LogP contribution in [0, 0.1) is 0 Å². The average Bonchev–Trinajstić information content (AvgIpc) is 2.96. The number of nitrogens with zero attached hydrogens (tertiary/aromatic N) is 2. The van der Waals surface area contributed by atoms with Gasteiger partial charge in [-0.25, -0.2) is 0 Å². The first kappa shape index (κ1) is 14.4. The predicted molar refractivity (Wildman–Crippen MR) is 81.7 cm³/mol. The third-order valence-corrected chi connectivity index (χ3v) is 5.97. The Labute approximate surface area is 125 Å². The van der Waals surface area contributed by atoms with E-state index in [0.29, 0.717) is 12.0 Å². The number of rotatable bonds is 4. The van der Waals surface area contributed by atoms with Crippen molar-refractivity contribution in [3.8, 4) is 0 Å². The molecule has 0 bridgehead atoms. The summed E-state index contributed by atoms with van der Waals surface area (Å²) in [6, 6.07) is 0.371. The fourth-order valence-corrected chi connectivity index (χ4v) is 4.45. The van der Waals surface area contributed by atoms with Crippen LogP contribution in [0.3, 0.4) is 0 Å². The molecule has 1 aromatic rings. The van der Waals surface area contributed by atoms with Crippen LogP contribution >= 0.6 is 11.8 Å². The van der Waals surface area contributed by atoms with E-state index in [1.54, 1.807) is 0 Å². The molecule has 0 saturated heterocycles. The van der Waals surface area contributed by atoms with Crippen molar-refractivity contribution in [2.45, 2.75) is 80.7 Å². The topological polar surface area (TPSA) is 64.9 Å². The number of aromatic nitrogens is 2. The first-order valence-corrected chi connectivity index (χ1v) is 9.06. The van der Waals surface area contributed by atoms with E-state index in [9.17, 15) is 0 Å². The summed E-state index contributed by atoms with van der Waals surface area (Å²) >= 11 is 2.01. The molecule has 1 heterocycles. The minimum Gasteiger partial charge on any atom is -0.339 e. The highest BCUT2D eigenvalue weighted by molar-refractivity contribution is 7.99. The molecule has 5 heteroatoms. The van der Waals surface area contributed by atoms with Crippen LogP contribution in [0.15, 0.2) is 4.52 Å². The number of hydrogen-bond acceptors (Lipinski definition) is 5. The van der Waals surface area contributed by atoms with Crippen LogP contribution in [0.1, 0.15) is 75.4 Å². The second-order valence-corrected chi connectivity index (χ2v) is 7.52. The van der Waals surface area contributed by atoms with Gasteiger partial charge in [0.05, 0.1) is 5.75 Å². The lowest BCUT2D eigenvalue weighted by Crippen LogP contribution is -2.25. The zero-order valence-electron chi connectivity index (χ0n) is 12.1. The van der Waals surface area contributed by atoms with Gasteiger partial charge in [-0.3, -0.25) is 0 Å². The summed E-state index contributed by atoms with van der Waals surface area (Å²) in [5.74, 6) is 3.07. The Hall–Kier alpha value is -0.550. The summed E-state index contributed by atoms with van der Waals surface area (Å²) in [5, 5.41) is 4.96. The van der Waals surface area contributed by atoms with Gasteiger partial charge in [0.25, 0.3) is 0 Å². The molecule has 3 rings (SSSR count). The number of nitrogens with two attached hydrogens (primary N) is 1. The van der Waals surface area contributed by atoms with E-state index in [-0.39, 0.29) is 0 Å². The van der Waals surface area contributed by atoms with Crippen LogP contribution in [0.4, 0.5) is 0 Å². The van der Waals surface area contributed by atoms with Gasteiger partial charge in [0.15, 0.2) is 5.82 Å². The van der Waals surface area contributed by atoms with Crippen molar-refractivity contribution >= 4 is 11.8 Å². The van der Waals surface area contributed by atoms with Gasteiger partial charge >= 0.3 is 0 Å². The summed E-state index contributed by atoms with van der Waals surface area (Å²) in [6.07, 6.45) is 11.3. The molecule has 4 nitrogen and oxygen atoms in total. The molecular weight excluding hydrogens is 270 g/mol. The summed E-state index contributed by atoms with van der Waals surface area (Å²) in [6.45, 7) is 0. The lowest BCUT2D eigenvalue weighted by molar-refractivity contribution is 0.300. The highest BCUT2D eigenvalue weighted by Crippen LogP contribution is 2.33. The van der Waals surface area contributed by atoms with Crippen LogP contribution in [-0.2, 0) is 5.75 Å². The minimum absolute atomic E-state index is 0.371. The molecule has 1 aromatic heterocycles. The normalized spacial score (nSPS) is 28.6. The SMILES string of the molecule is NC1CCC(c2nc(CSC3CCCCC3)no2)CC1. The maximum atomic E-state index is 5.94. The highest BCUT2D eigenvalue weighted by Gasteiger charge is 2.25. The Morgan fingerprint density at radius 1 is 1.05 bits per heavy atom. The fourth-order valence-electron chi connectivity index (χ4n) is 3.28. The van der Waals surface area contributed by atoms with Crippen LogP contribution in [-0.4, -0.2) is 21.4 Å². The quantitative estimate of drug-likeness (QED) is 0.919. The first-order valence-electron chi connectivity index (χ1n) is 8.01. The van der Waals surface area contributed by atoms with Crippen molar-refractivity contribution in [1.82, 2.24) is 10.1 Å². The maximum absolute atomic E-state index is 5.94. The van der Waals surface area contributed by atoms with Gasteiger partial charge < -0.3 is 10.3 Å². The third kappa shape index (κ3) is 3.76. The summed E-state index contributed by atoms with van der Waals surface area (Å²) < 4.78 is 5.46. The summed E-state index contributed by atoms with van der Waals surface area (Å²) in [7, 11) is 0. The zero-order valence-corrected chi connectivity index (χ0v) is 12.9. The van der Waals surface area contributed by atoms with Gasteiger partial charge in [0.2, 0.25) is 5.89 Å². The molecule has 2 N–H and O–H groups in total. The van der Waals surface area contributed by atoms with E-state index in [4.69, 9.17) is 10.3 Å². The van der Waals surface area contributed by atoms with E-state index >= 15 is 0 Å². The third-order valence-electron chi connectivity index (χ3n) is 4.61. The second kappa shape index (κ2) is 6.94. The molecule has 0 aromatic carbocycles. The van der Waals surface area contributed by atoms with E-state index in [0.717, 1.165) is 48.4 Å². The average molecular weight is 295 g/mol. The fraction of sp³-hybridized carbons (Fsp3) is 0.867. The zero-order chi connectivity index (χ0) is 13.8. The van der Waals surface area contributed by atoms with Gasteiger partial charge in [-0.1, -0.05) is 24.4 Å². The van der Waals surface area contributed by atoms with Crippen molar-refractivity contribution < 1.29 is 4.52 Å². The molecule has 2 aliphatic rings. The number of thioether (sulfide) groups is 1. The standard InChI is InChI=1S/C15H25N3OS/c16-12-8-6-11(7-9-12)15-17-14(18-19-15)10-20-13-4-2-1-3-5-13/h11-13H,1-10,16H2. The van der Waals surface area contributed by atoms with E-state index in [1.165, 1.54) is 32.1 Å². The smallest absolute Gasteiger partial charge is 0.229 e. The molecular formula is C15H25N3OS. The maximum Gasteiger partial charge on any atom is 0.229 e. The monoisotopic (exact) mass is 295 g/mol. The van der Waals surface area contributed by atoms with Crippen molar-refractivity contribution in [3.63, 3.8) is 0 Å². The molecule has 2 aliphatic carbocycles. The van der Waals surface area contributed by atoms with Gasteiger partial charge in [-0.15, -0.1) is 0 Å². The lowest BCUT2D eigenvalue weighted by atomic mass is 9.86. The lowest BCUT2D eigenvalue weighted by Gasteiger charge is -2.23. The van der Waals surface area contributed by atoms with Gasteiger partial charge in [0.1, 0.15) is 0 Å². The highest BCUT2D eigenvalue weighted by atomic mass is 32.2. The van der Waals surface area contributed by atoms with E-state index in [2.05, 4.69) is 10.1 Å². The Bertz CT molecular complexity index is 409. The molecule has 0 amide bonds. The molecule has 20 heavy (non-hydrogen) atoms. The Kier molecular flexibility index (Phi) is 4.99. The molecule has 0 radical (unpaired) electrons. The first-order chi connectivity index (χ1) is 9.81. The van der Waals surface area contributed by atoms with Crippen molar-refractivity contribution in [2.75, 3.05) is 0 Å². The van der Waals surface area contributed by atoms with Crippen LogP contribution < -0.4 is 5.73 Å². The Morgan fingerprint density at radius 3 is 2.55 bits per heavy atom. The molecule has 2 fully saturated rings. The predicted octanol–water partition coefficient (Wildman–Crippen LogP) is 3.62. The molecule has 112 valence electrons. The van der Waals surface area contributed by atoms with Gasteiger partial charge in [-0.05, 0) is 38.5 Å². The summed E-state index contributed by atoms with van der Waals surface area (Å²) in [5.41, 5.74) is 5.94. The van der Waals surface area contributed by atoms with Crippen molar-refractivity contribution in [1.29, 1.82) is 0 Å². The van der Waals surface area contributed by atoms with Crippen molar-refractivity contribution in [2.24, 2.45) is 5.73 Å². The van der Waals surface area contributed by atoms with E-state index in [1.807, 2.05) is 11.8 Å². The largest absolute Gasteiger partial charge is 0.339 e. The van der Waals surface area contributed by atoms with Crippen LogP contribution in [0.5, 0.6) is 0 Å². The van der Waals surface area contributed by atoms with Crippen LogP contribution in [0.25, 0.3) is 0 Å². The van der Waals surface area contributed by atoms with Gasteiger partial charge in [0, 0.05) is 17.2 Å². The van der Waals surface area contributed by atoms with E-state index < -0.39 is 0 Å².